The lowest BCUT2D eigenvalue weighted by Crippen LogP contribution is -2.17. The molecule has 0 aliphatic rings. The van der Waals surface area contributed by atoms with E-state index in [9.17, 15) is 0 Å². The summed E-state index contributed by atoms with van der Waals surface area (Å²) in [6.45, 7) is 7.46. The van der Waals surface area contributed by atoms with E-state index in [0.717, 1.165) is 5.75 Å². The van der Waals surface area contributed by atoms with Gasteiger partial charge in [0, 0.05) is 16.3 Å². The topological polar surface area (TPSA) is 0 Å². The lowest BCUT2D eigenvalue weighted by Gasteiger charge is -2.19. The summed E-state index contributed by atoms with van der Waals surface area (Å²) in [6, 6.07) is 0. The smallest absolute Gasteiger partial charge is 0.0461 e. The highest BCUT2D eigenvalue weighted by Crippen LogP contribution is 2.37. The van der Waals surface area contributed by atoms with Crippen LogP contribution >= 0.6 is 66.5 Å². The zero-order valence-electron chi connectivity index (χ0n) is 6.96. The van der Waals surface area contributed by atoms with E-state index in [1.807, 2.05) is 11.5 Å². The fourth-order valence-corrected chi connectivity index (χ4v) is 6.08. The first-order chi connectivity index (χ1) is 6.29. The van der Waals surface area contributed by atoms with Crippen LogP contribution in [0.15, 0.2) is 24.6 Å². The number of hydrogen-bond donors (Lipinski definition) is 2. The summed E-state index contributed by atoms with van der Waals surface area (Å²) in [6.07, 6.45) is 1.93. The van der Waals surface area contributed by atoms with Crippen molar-refractivity contribution >= 4 is 66.5 Å². The highest BCUT2D eigenvalue weighted by atomic mass is 33.1. The first-order valence-electron chi connectivity index (χ1n) is 3.42. The van der Waals surface area contributed by atoms with Gasteiger partial charge in [0.2, 0.25) is 0 Å². The van der Waals surface area contributed by atoms with Gasteiger partial charge in [-0.3, -0.25) is 0 Å². The zero-order chi connectivity index (χ0) is 10.1. The highest BCUT2D eigenvalue weighted by molar-refractivity contribution is 8.78. The first kappa shape index (κ1) is 14.6. The SMILES string of the molecule is C=CSSC(CSS)C(C=C)SS. The van der Waals surface area contributed by atoms with Crippen molar-refractivity contribution < 1.29 is 0 Å². The van der Waals surface area contributed by atoms with Crippen LogP contribution in [0.3, 0.4) is 0 Å². The number of hydrogen-bond acceptors (Lipinski definition) is 6. The minimum atomic E-state index is 0.362. The summed E-state index contributed by atoms with van der Waals surface area (Å²) >= 11 is 8.37. The average molecular weight is 289 g/mol. The van der Waals surface area contributed by atoms with E-state index in [1.54, 1.807) is 32.4 Å². The molecule has 0 saturated carbocycles. The molecule has 2 atom stereocenters. The molecular weight excluding hydrogens is 276 g/mol. The van der Waals surface area contributed by atoms with Crippen molar-refractivity contribution in [1.29, 1.82) is 0 Å². The van der Waals surface area contributed by atoms with Crippen molar-refractivity contribution in [3.8, 4) is 0 Å². The second-order valence-corrected chi connectivity index (χ2v) is 7.23. The Bertz CT molecular complexity index is 148. The number of thiol groups is 2. The van der Waals surface area contributed by atoms with Crippen LogP contribution in [0.1, 0.15) is 0 Å². The second-order valence-electron chi connectivity index (χ2n) is 2.00. The Morgan fingerprint density at radius 2 is 2.00 bits per heavy atom. The van der Waals surface area contributed by atoms with Crippen molar-refractivity contribution in [3.05, 3.63) is 24.6 Å². The summed E-state index contributed by atoms with van der Waals surface area (Å²) < 4.78 is 0. The van der Waals surface area contributed by atoms with Crippen LogP contribution in [0.2, 0.25) is 0 Å². The average Bonchev–Trinajstić information content (AvgIpc) is 2.16. The molecule has 0 radical (unpaired) electrons. The van der Waals surface area contributed by atoms with Gasteiger partial charge in [-0.1, -0.05) is 55.8 Å². The molecule has 0 aromatic rings. The Hall–Kier alpha value is 1.58. The minimum Gasteiger partial charge on any atom is -0.111 e. The van der Waals surface area contributed by atoms with E-state index in [1.165, 1.54) is 10.8 Å². The molecule has 0 heterocycles. The van der Waals surface area contributed by atoms with Crippen LogP contribution in [0.25, 0.3) is 0 Å². The minimum absolute atomic E-state index is 0.362. The molecule has 0 aliphatic carbocycles. The van der Waals surface area contributed by atoms with E-state index in [-0.39, 0.29) is 0 Å². The van der Waals surface area contributed by atoms with E-state index in [4.69, 9.17) is 0 Å². The van der Waals surface area contributed by atoms with E-state index in [0.29, 0.717) is 10.5 Å². The first-order valence-corrected chi connectivity index (χ1v) is 9.67. The van der Waals surface area contributed by atoms with Gasteiger partial charge in [-0.25, -0.2) is 0 Å². The van der Waals surface area contributed by atoms with Crippen molar-refractivity contribution in [2.24, 2.45) is 0 Å². The maximum Gasteiger partial charge on any atom is 0.0461 e. The van der Waals surface area contributed by atoms with E-state index in [2.05, 4.69) is 36.5 Å². The predicted molar refractivity (Wildman–Crippen MR) is 81.2 cm³/mol. The Balaban J connectivity index is 4.02. The predicted octanol–water partition coefficient (Wildman–Crippen LogP) is 4.59. The van der Waals surface area contributed by atoms with Crippen molar-refractivity contribution in [3.63, 3.8) is 0 Å². The van der Waals surface area contributed by atoms with Crippen LogP contribution in [0, 0.1) is 0 Å². The van der Waals surface area contributed by atoms with Gasteiger partial charge in [0.15, 0.2) is 0 Å². The molecule has 0 bridgehead atoms. The Labute approximate surface area is 107 Å². The third kappa shape index (κ3) is 6.62. The molecule has 0 N–H and O–H groups in total. The molecule has 0 aromatic heterocycles. The summed E-state index contributed by atoms with van der Waals surface area (Å²) in [7, 11) is 6.52. The van der Waals surface area contributed by atoms with Crippen molar-refractivity contribution in [2.45, 2.75) is 10.5 Å². The van der Waals surface area contributed by atoms with Crippen LogP contribution in [-0.2, 0) is 0 Å². The molecule has 0 aliphatic heterocycles. The third-order valence-electron chi connectivity index (χ3n) is 1.21. The summed E-state index contributed by atoms with van der Waals surface area (Å²) in [4.78, 5) is 0. The lowest BCUT2D eigenvalue weighted by molar-refractivity contribution is 1.03. The molecule has 2 unspecified atom stereocenters. The van der Waals surface area contributed by atoms with E-state index < -0.39 is 0 Å². The van der Waals surface area contributed by atoms with Crippen molar-refractivity contribution in [1.82, 2.24) is 0 Å². The fraction of sp³-hybridized carbons (Fsp3) is 0.429. The molecule has 13 heavy (non-hydrogen) atoms. The standard InChI is InChI=1S/C7H12S6/c1-3-6(12-9)7(5-10-8)13-11-4-2/h3-4,6-9H,1-2,5H2. The van der Waals surface area contributed by atoms with Gasteiger partial charge in [0.1, 0.15) is 0 Å². The largest absolute Gasteiger partial charge is 0.111 e. The van der Waals surface area contributed by atoms with Gasteiger partial charge in [-0.15, -0.1) is 29.9 Å². The van der Waals surface area contributed by atoms with Gasteiger partial charge in [-0.2, -0.15) is 0 Å². The normalized spacial score (nSPS) is 14.9. The molecule has 76 valence electrons. The van der Waals surface area contributed by atoms with Gasteiger partial charge in [-0.05, 0) is 5.41 Å². The molecule has 6 heteroatoms. The van der Waals surface area contributed by atoms with Crippen LogP contribution in [0.4, 0.5) is 0 Å². The highest BCUT2D eigenvalue weighted by Gasteiger charge is 2.18. The molecule has 0 nitrogen and oxygen atoms in total. The molecule has 0 amide bonds. The van der Waals surface area contributed by atoms with E-state index >= 15 is 0 Å². The summed E-state index contributed by atoms with van der Waals surface area (Å²) in [5.74, 6) is 0.985. The summed E-state index contributed by atoms with van der Waals surface area (Å²) in [5, 5.41) is 2.68. The van der Waals surface area contributed by atoms with Crippen LogP contribution in [-0.4, -0.2) is 16.3 Å². The molecule has 0 rings (SSSR count). The van der Waals surface area contributed by atoms with Crippen molar-refractivity contribution in [2.75, 3.05) is 5.75 Å². The fourth-order valence-electron chi connectivity index (χ4n) is 0.624. The molecule has 0 spiro atoms. The number of rotatable bonds is 8. The van der Waals surface area contributed by atoms with Gasteiger partial charge < -0.3 is 0 Å². The Kier molecular flexibility index (Phi) is 11.3. The maximum atomic E-state index is 4.21. The van der Waals surface area contributed by atoms with Crippen LogP contribution < -0.4 is 0 Å². The quantitative estimate of drug-likeness (QED) is 0.381. The van der Waals surface area contributed by atoms with Gasteiger partial charge in [0.25, 0.3) is 0 Å². The maximum absolute atomic E-state index is 4.21. The molecule has 0 fully saturated rings. The van der Waals surface area contributed by atoms with Gasteiger partial charge >= 0.3 is 0 Å². The Morgan fingerprint density at radius 3 is 2.38 bits per heavy atom. The summed E-state index contributed by atoms with van der Waals surface area (Å²) in [5.41, 5.74) is 0. The van der Waals surface area contributed by atoms with Gasteiger partial charge in [0.05, 0.1) is 0 Å². The Morgan fingerprint density at radius 1 is 1.31 bits per heavy atom. The molecule has 0 aromatic carbocycles. The molecular formula is C7H12S6. The second kappa shape index (κ2) is 10.1. The monoisotopic (exact) mass is 288 g/mol. The zero-order valence-corrected chi connectivity index (χ0v) is 12.0. The van der Waals surface area contributed by atoms with Crippen LogP contribution in [0.5, 0.6) is 0 Å². The molecule has 0 saturated heterocycles. The third-order valence-corrected chi connectivity index (χ3v) is 6.48. The lowest BCUT2D eigenvalue weighted by atomic mass is 10.3.